The third kappa shape index (κ3) is 3.45. The summed E-state index contributed by atoms with van der Waals surface area (Å²) in [5, 5.41) is 3.40. The summed E-state index contributed by atoms with van der Waals surface area (Å²) in [6.45, 7) is 1.76. The van der Waals surface area contributed by atoms with Gasteiger partial charge in [-0.25, -0.2) is 4.98 Å². The fourth-order valence-corrected chi connectivity index (χ4v) is 3.14. The number of benzene rings is 1. The van der Waals surface area contributed by atoms with E-state index in [9.17, 15) is 4.79 Å². The molecule has 0 saturated carbocycles. The Morgan fingerprint density at radius 3 is 2.77 bits per heavy atom. The molecule has 3 rings (SSSR count). The van der Waals surface area contributed by atoms with Crippen molar-refractivity contribution in [2.75, 3.05) is 5.32 Å². The van der Waals surface area contributed by atoms with Crippen molar-refractivity contribution in [2.45, 2.75) is 13.3 Å². The molecule has 0 radical (unpaired) electrons. The number of hydrogen-bond donors (Lipinski definition) is 1. The van der Waals surface area contributed by atoms with Gasteiger partial charge in [-0.15, -0.1) is 11.3 Å². The summed E-state index contributed by atoms with van der Waals surface area (Å²) in [6.07, 6.45) is 4.10. The second-order valence-corrected chi connectivity index (χ2v) is 6.81. The van der Waals surface area contributed by atoms with Crippen LogP contribution in [0.2, 0.25) is 0 Å². The highest BCUT2D eigenvalue weighted by Gasteiger charge is 2.13. The van der Waals surface area contributed by atoms with Gasteiger partial charge in [0.2, 0.25) is 0 Å². The van der Waals surface area contributed by atoms with E-state index in [1.807, 2.05) is 12.1 Å². The number of halogens is 1. The van der Waals surface area contributed by atoms with Crippen LogP contribution in [0.25, 0.3) is 0 Å². The Morgan fingerprint density at radius 1 is 1.32 bits per heavy atom. The highest BCUT2D eigenvalue weighted by atomic mass is 79.9. The van der Waals surface area contributed by atoms with Crippen LogP contribution in [0.3, 0.4) is 0 Å². The van der Waals surface area contributed by atoms with Crippen molar-refractivity contribution in [3.63, 3.8) is 0 Å². The molecule has 112 valence electrons. The smallest absolute Gasteiger partial charge is 0.260 e. The molecule has 4 nitrogen and oxygen atoms in total. The Morgan fingerprint density at radius 2 is 2.09 bits per heavy atom. The fraction of sp³-hybridized carbons (Fsp3) is 0.125. The zero-order chi connectivity index (χ0) is 15.5. The van der Waals surface area contributed by atoms with Gasteiger partial charge >= 0.3 is 0 Å². The number of nitrogens with zero attached hydrogens (tertiary/aromatic N) is 1. The first kappa shape index (κ1) is 15.0. The number of anilines is 1. The van der Waals surface area contributed by atoms with Gasteiger partial charge in [-0.2, -0.15) is 0 Å². The number of rotatable bonds is 4. The van der Waals surface area contributed by atoms with Gasteiger partial charge in [0.1, 0.15) is 5.76 Å². The summed E-state index contributed by atoms with van der Waals surface area (Å²) < 4.78 is 6.19. The third-order valence-electron chi connectivity index (χ3n) is 3.17. The summed E-state index contributed by atoms with van der Waals surface area (Å²) >= 11 is 4.90. The molecule has 6 heteroatoms. The van der Waals surface area contributed by atoms with E-state index in [4.69, 9.17) is 4.42 Å². The number of carbonyl (C=O) groups is 1. The van der Waals surface area contributed by atoms with Gasteiger partial charge in [0.15, 0.2) is 5.13 Å². The highest BCUT2D eigenvalue weighted by molar-refractivity contribution is 9.10. The molecule has 0 aliphatic rings. The number of amides is 1. The van der Waals surface area contributed by atoms with Gasteiger partial charge in [-0.3, -0.25) is 10.1 Å². The minimum Gasteiger partial charge on any atom is -0.469 e. The van der Waals surface area contributed by atoms with Crippen LogP contribution < -0.4 is 5.32 Å². The second kappa shape index (κ2) is 6.46. The van der Waals surface area contributed by atoms with Crippen LogP contribution in [0.15, 0.2) is 51.7 Å². The maximum atomic E-state index is 12.1. The Balaban J connectivity index is 1.67. The first-order valence-electron chi connectivity index (χ1n) is 6.66. The molecule has 0 aliphatic carbocycles. The Bertz CT molecular complexity index is 793. The van der Waals surface area contributed by atoms with Gasteiger partial charge < -0.3 is 4.42 Å². The van der Waals surface area contributed by atoms with E-state index in [1.54, 1.807) is 19.2 Å². The van der Waals surface area contributed by atoms with Crippen LogP contribution in [-0.4, -0.2) is 10.9 Å². The quantitative estimate of drug-likeness (QED) is 0.720. The van der Waals surface area contributed by atoms with Crippen LogP contribution in [0.1, 0.15) is 26.6 Å². The van der Waals surface area contributed by atoms with Crippen LogP contribution >= 0.6 is 27.3 Å². The van der Waals surface area contributed by atoms with E-state index in [0.29, 0.717) is 16.5 Å². The first-order chi connectivity index (χ1) is 10.6. The Kier molecular flexibility index (Phi) is 4.40. The number of furan rings is 1. The van der Waals surface area contributed by atoms with Crippen LogP contribution in [0, 0.1) is 6.92 Å². The van der Waals surface area contributed by atoms with Crippen LogP contribution in [-0.2, 0) is 6.42 Å². The topological polar surface area (TPSA) is 55.1 Å². The lowest BCUT2D eigenvalue weighted by Crippen LogP contribution is -2.11. The zero-order valence-electron chi connectivity index (χ0n) is 11.8. The monoisotopic (exact) mass is 376 g/mol. The average Bonchev–Trinajstić information content (AvgIpc) is 3.10. The Hall–Kier alpha value is -1.92. The number of aryl methyl sites for hydroxylation is 1. The molecule has 2 heterocycles. The van der Waals surface area contributed by atoms with Gasteiger partial charge in [0, 0.05) is 22.0 Å². The minimum atomic E-state index is -0.198. The average molecular weight is 377 g/mol. The van der Waals surface area contributed by atoms with Crippen molar-refractivity contribution in [1.82, 2.24) is 4.98 Å². The normalized spacial score (nSPS) is 10.6. The molecule has 1 amide bonds. The maximum Gasteiger partial charge on any atom is 0.260 e. The molecule has 0 unspecified atom stereocenters. The van der Waals surface area contributed by atoms with Crippen molar-refractivity contribution in [1.29, 1.82) is 0 Å². The molecule has 22 heavy (non-hydrogen) atoms. The van der Waals surface area contributed by atoms with Crippen molar-refractivity contribution in [3.8, 4) is 0 Å². The lowest BCUT2D eigenvalue weighted by atomic mass is 10.1. The van der Waals surface area contributed by atoms with E-state index in [0.717, 1.165) is 15.8 Å². The van der Waals surface area contributed by atoms with E-state index in [2.05, 4.69) is 38.4 Å². The maximum absolute atomic E-state index is 12.1. The summed E-state index contributed by atoms with van der Waals surface area (Å²) in [7, 11) is 0. The van der Waals surface area contributed by atoms with Crippen molar-refractivity contribution >= 4 is 38.3 Å². The molecule has 0 spiro atoms. The predicted molar refractivity (Wildman–Crippen MR) is 90.5 cm³/mol. The van der Waals surface area contributed by atoms with Gasteiger partial charge in [0.05, 0.1) is 11.8 Å². The van der Waals surface area contributed by atoms with Crippen LogP contribution in [0.4, 0.5) is 5.13 Å². The summed E-state index contributed by atoms with van der Waals surface area (Å²) in [6, 6.07) is 9.82. The number of thiazole rings is 1. The largest absolute Gasteiger partial charge is 0.469 e. The molecular weight excluding hydrogens is 364 g/mol. The molecule has 1 N–H and O–H groups in total. The molecule has 0 fully saturated rings. The van der Waals surface area contributed by atoms with Gasteiger partial charge in [0.25, 0.3) is 5.91 Å². The van der Waals surface area contributed by atoms with Crippen molar-refractivity contribution in [3.05, 3.63) is 69.0 Å². The van der Waals surface area contributed by atoms with Crippen LogP contribution in [0.5, 0.6) is 0 Å². The molecule has 0 bridgehead atoms. The number of nitrogens with one attached hydrogen (secondary N) is 1. The highest BCUT2D eigenvalue weighted by Crippen LogP contribution is 2.23. The predicted octanol–water partition coefficient (Wildman–Crippen LogP) is 4.65. The molecule has 1 aromatic carbocycles. The lowest BCUT2D eigenvalue weighted by molar-refractivity contribution is 0.102. The van der Waals surface area contributed by atoms with E-state index in [1.165, 1.54) is 23.2 Å². The molecule has 0 aliphatic heterocycles. The number of carbonyl (C=O) groups excluding carboxylic acids is 1. The standard InChI is InChI=1S/C16H13BrN2O2S/c1-10-14(6-7-21-10)15(20)19-16-18-9-13(22-16)8-11-2-4-12(17)5-3-11/h2-7,9H,8H2,1H3,(H,18,19,20). The van der Waals surface area contributed by atoms with E-state index < -0.39 is 0 Å². The summed E-state index contributed by atoms with van der Waals surface area (Å²) in [5.41, 5.74) is 1.74. The number of hydrogen-bond acceptors (Lipinski definition) is 4. The minimum absolute atomic E-state index is 0.198. The zero-order valence-corrected chi connectivity index (χ0v) is 14.2. The first-order valence-corrected chi connectivity index (χ1v) is 8.27. The Labute approximate surface area is 140 Å². The van der Waals surface area contributed by atoms with Gasteiger partial charge in [-0.1, -0.05) is 28.1 Å². The second-order valence-electron chi connectivity index (χ2n) is 4.78. The summed E-state index contributed by atoms with van der Waals surface area (Å²) in [5.74, 6) is 0.403. The molecule has 0 saturated heterocycles. The fourth-order valence-electron chi connectivity index (χ4n) is 2.04. The summed E-state index contributed by atoms with van der Waals surface area (Å²) in [4.78, 5) is 17.4. The van der Waals surface area contributed by atoms with Crippen molar-refractivity contribution in [2.24, 2.45) is 0 Å². The van der Waals surface area contributed by atoms with Crippen molar-refractivity contribution < 1.29 is 9.21 Å². The molecule has 0 atom stereocenters. The third-order valence-corrected chi connectivity index (χ3v) is 4.61. The van der Waals surface area contributed by atoms with Gasteiger partial charge in [-0.05, 0) is 30.7 Å². The number of aromatic nitrogens is 1. The molecule has 3 aromatic rings. The molecule has 2 aromatic heterocycles. The molecular formula is C16H13BrN2O2S. The van der Waals surface area contributed by atoms with E-state index in [-0.39, 0.29) is 5.91 Å². The lowest BCUT2D eigenvalue weighted by Gasteiger charge is -2.00. The SMILES string of the molecule is Cc1occc1C(=O)Nc1ncc(Cc2ccc(Br)cc2)s1. The van der Waals surface area contributed by atoms with E-state index >= 15 is 0 Å².